The van der Waals surface area contributed by atoms with Crippen LogP contribution in [-0.2, 0) is 16.1 Å². The van der Waals surface area contributed by atoms with Crippen LogP contribution in [0.3, 0.4) is 0 Å². The van der Waals surface area contributed by atoms with Gasteiger partial charge in [-0.3, -0.25) is 19.2 Å². The van der Waals surface area contributed by atoms with Crippen LogP contribution >= 0.6 is 0 Å². The molecule has 1 saturated heterocycles. The molecule has 0 bridgehead atoms. The Hall–Kier alpha value is -1.76. The quantitative estimate of drug-likeness (QED) is 0.637. The van der Waals surface area contributed by atoms with Gasteiger partial charge < -0.3 is 5.32 Å². The van der Waals surface area contributed by atoms with E-state index in [1.807, 2.05) is 0 Å². The lowest BCUT2D eigenvalue weighted by atomic mass is 10.2. The van der Waals surface area contributed by atoms with E-state index in [1.54, 1.807) is 17.1 Å². The fourth-order valence-corrected chi connectivity index (χ4v) is 1.62. The normalized spacial score (nSPS) is 20.8. The minimum Gasteiger partial charge on any atom is -0.304 e. The van der Waals surface area contributed by atoms with Gasteiger partial charge in [0, 0.05) is 19.8 Å². The summed E-state index contributed by atoms with van der Waals surface area (Å²) in [5.74, 6) is -0.299. The van der Waals surface area contributed by atoms with Crippen molar-refractivity contribution in [3.63, 3.8) is 0 Å². The number of likely N-dealkylation sites (N-methyl/N-ethyl adjacent to an activating group) is 1. The number of likely N-dealkylation sites (tertiary alicyclic amines) is 1. The summed E-state index contributed by atoms with van der Waals surface area (Å²) in [4.78, 5) is 23.9. The summed E-state index contributed by atoms with van der Waals surface area (Å²) < 4.78 is 1.66. The Balaban J connectivity index is 1.79. The van der Waals surface area contributed by atoms with Crippen LogP contribution in [0.15, 0.2) is 12.4 Å². The summed E-state index contributed by atoms with van der Waals surface area (Å²) in [6.45, 7) is 1.21. The van der Waals surface area contributed by atoms with E-state index in [-0.39, 0.29) is 24.3 Å². The first kappa shape index (κ1) is 10.7. The molecule has 2 amide bonds. The Morgan fingerprint density at radius 3 is 2.94 bits per heavy atom. The third-order valence-corrected chi connectivity index (χ3v) is 2.59. The van der Waals surface area contributed by atoms with Crippen LogP contribution in [0.1, 0.15) is 6.42 Å². The molecule has 1 fully saturated rings. The molecule has 2 heterocycles. The van der Waals surface area contributed by atoms with Gasteiger partial charge >= 0.3 is 0 Å². The maximum absolute atomic E-state index is 11.5. The van der Waals surface area contributed by atoms with Crippen molar-refractivity contribution >= 4 is 11.8 Å². The van der Waals surface area contributed by atoms with Crippen molar-refractivity contribution in [1.82, 2.24) is 25.2 Å². The summed E-state index contributed by atoms with van der Waals surface area (Å²) in [7, 11) is 1.50. The van der Waals surface area contributed by atoms with Gasteiger partial charge in [-0.05, 0) is 0 Å². The second kappa shape index (κ2) is 4.40. The molecule has 0 saturated carbocycles. The molecule has 1 aromatic heterocycles. The molecule has 0 aliphatic carbocycles. The highest BCUT2D eigenvalue weighted by atomic mass is 16.2. The molecular formula is C9H13N5O2. The van der Waals surface area contributed by atoms with E-state index in [2.05, 4.69) is 15.6 Å². The summed E-state index contributed by atoms with van der Waals surface area (Å²) in [5.41, 5.74) is 0. The van der Waals surface area contributed by atoms with Gasteiger partial charge in [0.15, 0.2) is 0 Å². The molecule has 1 atom stereocenters. The molecule has 0 aromatic carbocycles. The second-order valence-electron chi connectivity index (χ2n) is 3.67. The van der Waals surface area contributed by atoms with Crippen LogP contribution in [0.5, 0.6) is 0 Å². The first-order chi connectivity index (χ1) is 7.68. The zero-order valence-electron chi connectivity index (χ0n) is 8.96. The molecule has 86 valence electrons. The molecule has 1 unspecified atom stereocenters. The zero-order valence-corrected chi connectivity index (χ0v) is 8.96. The average Bonchev–Trinajstić information content (AvgIpc) is 2.85. The predicted octanol–water partition coefficient (Wildman–Crippen LogP) is -1.37. The SMILES string of the molecule is CN1C(=O)CC(NCCn2ccnn2)C1=O. The number of aromatic nitrogens is 3. The molecule has 1 aromatic rings. The number of hydrogen-bond acceptors (Lipinski definition) is 5. The lowest BCUT2D eigenvalue weighted by molar-refractivity contribution is -0.137. The molecule has 16 heavy (non-hydrogen) atoms. The number of imide groups is 1. The number of hydrogen-bond donors (Lipinski definition) is 1. The summed E-state index contributed by atoms with van der Waals surface area (Å²) in [5, 5.41) is 10.5. The van der Waals surface area contributed by atoms with E-state index in [1.165, 1.54) is 7.05 Å². The van der Waals surface area contributed by atoms with E-state index >= 15 is 0 Å². The predicted molar refractivity (Wildman–Crippen MR) is 54.2 cm³/mol. The average molecular weight is 223 g/mol. The molecule has 7 heteroatoms. The van der Waals surface area contributed by atoms with Gasteiger partial charge in [0.25, 0.3) is 0 Å². The van der Waals surface area contributed by atoms with Crippen molar-refractivity contribution in [2.24, 2.45) is 0 Å². The molecule has 1 aliphatic rings. The van der Waals surface area contributed by atoms with Crippen molar-refractivity contribution in [2.45, 2.75) is 19.0 Å². The van der Waals surface area contributed by atoms with Crippen LogP contribution in [-0.4, -0.2) is 51.3 Å². The summed E-state index contributed by atoms with van der Waals surface area (Å²) >= 11 is 0. The molecule has 0 radical (unpaired) electrons. The van der Waals surface area contributed by atoms with E-state index in [4.69, 9.17) is 0 Å². The van der Waals surface area contributed by atoms with Gasteiger partial charge in [-0.1, -0.05) is 5.21 Å². The Labute approximate surface area is 92.4 Å². The highest BCUT2D eigenvalue weighted by Crippen LogP contribution is 2.09. The van der Waals surface area contributed by atoms with E-state index < -0.39 is 0 Å². The third kappa shape index (κ3) is 2.08. The minimum absolute atomic E-state index is 0.136. The smallest absolute Gasteiger partial charge is 0.246 e. The zero-order chi connectivity index (χ0) is 11.5. The van der Waals surface area contributed by atoms with Gasteiger partial charge in [-0.15, -0.1) is 5.10 Å². The molecule has 2 rings (SSSR count). The number of nitrogens with one attached hydrogen (secondary N) is 1. The van der Waals surface area contributed by atoms with Crippen molar-refractivity contribution in [3.05, 3.63) is 12.4 Å². The summed E-state index contributed by atoms with van der Waals surface area (Å²) in [6.07, 6.45) is 3.58. The number of amides is 2. The van der Waals surface area contributed by atoms with Gasteiger partial charge in [-0.2, -0.15) is 0 Å². The van der Waals surface area contributed by atoms with Crippen LogP contribution < -0.4 is 5.32 Å². The number of carbonyl (C=O) groups excluding carboxylic acids is 2. The van der Waals surface area contributed by atoms with Crippen molar-refractivity contribution in [2.75, 3.05) is 13.6 Å². The lowest BCUT2D eigenvalue weighted by Crippen LogP contribution is -2.38. The number of nitrogens with zero attached hydrogens (tertiary/aromatic N) is 4. The second-order valence-corrected chi connectivity index (χ2v) is 3.67. The molecule has 1 aliphatic heterocycles. The molecule has 7 nitrogen and oxygen atoms in total. The fraction of sp³-hybridized carbons (Fsp3) is 0.556. The third-order valence-electron chi connectivity index (χ3n) is 2.59. The van der Waals surface area contributed by atoms with Gasteiger partial charge in [0.05, 0.1) is 25.2 Å². The van der Waals surface area contributed by atoms with Crippen molar-refractivity contribution in [3.8, 4) is 0 Å². The number of rotatable bonds is 4. The van der Waals surface area contributed by atoms with Crippen LogP contribution in [0.2, 0.25) is 0 Å². The standard InChI is InChI=1S/C9H13N5O2/c1-13-8(15)6-7(9(13)16)10-2-4-14-5-3-11-12-14/h3,5,7,10H,2,4,6H2,1H3. The maximum Gasteiger partial charge on any atom is 0.246 e. The van der Waals surface area contributed by atoms with E-state index in [0.717, 1.165) is 4.90 Å². The van der Waals surface area contributed by atoms with Gasteiger partial charge in [-0.25, -0.2) is 0 Å². The Morgan fingerprint density at radius 2 is 2.38 bits per heavy atom. The Bertz CT molecular complexity index is 389. The topological polar surface area (TPSA) is 80.1 Å². The van der Waals surface area contributed by atoms with E-state index in [0.29, 0.717) is 13.1 Å². The molecule has 0 spiro atoms. The Morgan fingerprint density at radius 1 is 1.56 bits per heavy atom. The highest BCUT2D eigenvalue weighted by molar-refractivity contribution is 6.05. The maximum atomic E-state index is 11.5. The Kier molecular flexibility index (Phi) is 2.95. The highest BCUT2D eigenvalue weighted by Gasteiger charge is 2.35. The van der Waals surface area contributed by atoms with Crippen LogP contribution in [0.25, 0.3) is 0 Å². The summed E-state index contributed by atoms with van der Waals surface area (Å²) in [6, 6.07) is -0.388. The number of carbonyl (C=O) groups is 2. The van der Waals surface area contributed by atoms with Gasteiger partial charge in [0.2, 0.25) is 11.8 Å². The van der Waals surface area contributed by atoms with Crippen LogP contribution in [0.4, 0.5) is 0 Å². The van der Waals surface area contributed by atoms with Crippen LogP contribution in [0, 0.1) is 0 Å². The first-order valence-corrected chi connectivity index (χ1v) is 5.06. The molecular weight excluding hydrogens is 210 g/mol. The molecule has 1 N–H and O–H groups in total. The first-order valence-electron chi connectivity index (χ1n) is 5.06. The van der Waals surface area contributed by atoms with Crippen molar-refractivity contribution in [1.29, 1.82) is 0 Å². The minimum atomic E-state index is -0.388. The fourth-order valence-electron chi connectivity index (χ4n) is 1.62. The van der Waals surface area contributed by atoms with Gasteiger partial charge in [0.1, 0.15) is 0 Å². The largest absolute Gasteiger partial charge is 0.304 e. The lowest BCUT2D eigenvalue weighted by Gasteiger charge is -2.10. The van der Waals surface area contributed by atoms with E-state index in [9.17, 15) is 9.59 Å². The monoisotopic (exact) mass is 223 g/mol. The van der Waals surface area contributed by atoms with Crippen molar-refractivity contribution < 1.29 is 9.59 Å².